The quantitative estimate of drug-likeness (QED) is 0.144. The zero-order valence-corrected chi connectivity index (χ0v) is 25.5. The van der Waals surface area contributed by atoms with Crippen molar-refractivity contribution in [2.24, 2.45) is 0 Å². The summed E-state index contributed by atoms with van der Waals surface area (Å²) in [4.78, 5) is 20.8. The molecule has 0 amide bonds. The second-order valence-electron chi connectivity index (χ2n) is 12.3. The molecule has 0 fully saturated rings. The van der Waals surface area contributed by atoms with E-state index in [2.05, 4.69) is 143 Å². The van der Waals surface area contributed by atoms with Gasteiger partial charge < -0.3 is 0 Å². The van der Waals surface area contributed by atoms with Gasteiger partial charge in [0.1, 0.15) is 11.0 Å². The Balaban J connectivity index is 1.29. The van der Waals surface area contributed by atoms with Gasteiger partial charge in [0.25, 0.3) is 0 Å². The number of rotatable bonds is 2. The Bertz CT molecular complexity index is 2820. The molecule has 0 aliphatic rings. The summed E-state index contributed by atoms with van der Waals surface area (Å²) in [6.45, 7) is 0. The molecule has 222 valence electrons. The average Bonchev–Trinajstić information content (AvgIpc) is 3.67. The van der Waals surface area contributed by atoms with Crippen LogP contribution in [0.5, 0.6) is 0 Å². The molecule has 48 heavy (non-hydrogen) atoms. The number of hydrogen-bond acceptors (Lipinski definition) is 4. The van der Waals surface area contributed by atoms with Gasteiger partial charge in [-0.3, -0.25) is 9.13 Å². The second-order valence-corrected chi connectivity index (χ2v) is 12.3. The van der Waals surface area contributed by atoms with Crippen LogP contribution >= 0.6 is 0 Å². The van der Waals surface area contributed by atoms with Gasteiger partial charge in [-0.05, 0) is 57.9 Å². The maximum absolute atomic E-state index is 5.38. The van der Waals surface area contributed by atoms with Gasteiger partial charge in [-0.2, -0.15) is 0 Å². The molecule has 0 radical (unpaired) electrons. The largest absolute Gasteiger partial charge is 0.278 e. The van der Waals surface area contributed by atoms with Crippen LogP contribution in [0, 0.1) is 0 Å². The average molecular weight is 613 g/mol. The van der Waals surface area contributed by atoms with Gasteiger partial charge in [0.05, 0.1) is 22.1 Å². The van der Waals surface area contributed by atoms with E-state index < -0.39 is 0 Å². The SMILES string of the molecule is c1ccc2cc3c(cc2c1)c1cnc(-n2c4ccccc4c4ccccc42)nc1c1nc(-n2c4ccccc4c4ccccc42)ncc31. The first kappa shape index (κ1) is 25.5. The van der Waals surface area contributed by atoms with Crippen LogP contribution in [0.3, 0.4) is 0 Å². The minimum Gasteiger partial charge on any atom is -0.278 e. The third-order valence-corrected chi connectivity index (χ3v) is 9.80. The second kappa shape index (κ2) is 9.44. The first-order valence-corrected chi connectivity index (χ1v) is 16.1. The normalized spacial score (nSPS) is 12.2. The van der Waals surface area contributed by atoms with Crippen molar-refractivity contribution in [2.75, 3.05) is 0 Å². The molecular formula is C42H24N6. The number of nitrogens with zero attached hydrogens (tertiary/aromatic N) is 6. The predicted molar refractivity (Wildman–Crippen MR) is 196 cm³/mol. The first-order valence-electron chi connectivity index (χ1n) is 16.1. The molecule has 0 N–H and O–H groups in total. The topological polar surface area (TPSA) is 61.4 Å². The van der Waals surface area contributed by atoms with Crippen molar-refractivity contribution in [3.8, 4) is 11.9 Å². The van der Waals surface area contributed by atoms with E-state index in [1.165, 1.54) is 32.3 Å². The van der Waals surface area contributed by atoms with Crippen molar-refractivity contribution < 1.29 is 0 Å². The van der Waals surface area contributed by atoms with Gasteiger partial charge in [-0.1, -0.05) is 97.1 Å². The summed E-state index contributed by atoms with van der Waals surface area (Å²) in [6, 6.07) is 46.7. The van der Waals surface area contributed by atoms with E-state index in [4.69, 9.17) is 19.9 Å². The summed E-state index contributed by atoms with van der Waals surface area (Å²) in [5.41, 5.74) is 5.85. The van der Waals surface area contributed by atoms with Gasteiger partial charge in [-0.15, -0.1) is 0 Å². The Morgan fingerprint density at radius 2 is 0.667 bits per heavy atom. The van der Waals surface area contributed by atoms with Gasteiger partial charge in [0, 0.05) is 44.7 Å². The number of hydrogen-bond donors (Lipinski definition) is 0. The summed E-state index contributed by atoms with van der Waals surface area (Å²) in [6.07, 6.45) is 3.94. The molecule has 0 saturated carbocycles. The Hall–Kier alpha value is -6.66. The predicted octanol–water partition coefficient (Wildman–Crippen LogP) is 10.1. The number of benzene rings is 7. The van der Waals surface area contributed by atoms with Crippen molar-refractivity contribution in [2.45, 2.75) is 0 Å². The minimum absolute atomic E-state index is 0.610. The molecule has 0 aliphatic carbocycles. The van der Waals surface area contributed by atoms with E-state index in [1.807, 2.05) is 12.4 Å². The van der Waals surface area contributed by atoms with Crippen LogP contribution in [0.4, 0.5) is 0 Å². The van der Waals surface area contributed by atoms with Crippen LogP contribution in [0.1, 0.15) is 0 Å². The highest BCUT2D eigenvalue weighted by molar-refractivity contribution is 6.25. The van der Waals surface area contributed by atoms with Crippen LogP contribution in [0.25, 0.3) is 98.9 Å². The molecule has 11 aromatic rings. The molecule has 4 heterocycles. The summed E-state index contributed by atoms with van der Waals surface area (Å²) < 4.78 is 4.32. The lowest BCUT2D eigenvalue weighted by molar-refractivity contribution is 1.00. The monoisotopic (exact) mass is 612 g/mol. The fourth-order valence-corrected chi connectivity index (χ4v) is 7.68. The van der Waals surface area contributed by atoms with E-state index in [1.54, 1.807) is 0 Å². The lowest BCUT2D eigenvalue weighted by Gasteiger charge is -2.14. The highest BCUT2D eigenvalue weighted by Gasteiger charge is 2.20. The highest BCUT2D eigenvalue weighted by atomic mass is 15.2. The van der Waals surface area contributed by atoms with E-state index in [0.29, 0.717) is 11.9 Å². The Labute approximate surface area is 273 Å². The third kappa shape index (κ3) is 3.40. The third-order valence-electron chi connectivity index (χ3n) is 9.80. The summed E-state index contributed by atoms with van der Waals surface area (Å²) in [5.74, 6) is 1.22. The van der Waals surface area contributed by atoms with Crippen molar-refractivity contribution in [1.82, 2.24) is 29.1 Å². The van der Waals surface area contributed by atoms with Crippen molar-refractivity contribution in [3.05, 3.63) is 146 Å². The van der Waals surface area contributed by atoms with Crippen LogP contribution in [-0.4, -0.2) is 29.1 Å². The van der Waals surface area contributed by atoms with Crippen molar-refractivity contribution >= 4 is 87.0 Å². The highest BCUT2D eigenvalue weighted by Crippen LogP contribution is 2.38. The zero-order valence-electron chi connectivity index (χ0n) is 25.5. The molecule has 0 saturated heterocycles. The lowest BCUT2D eigenvalue weighted by atomic mass is 9.98. The van der Waals surface area contributed by atoms with Crippen molar-refractivity contribution in [3.63, 3.8) is 0 Å². The molecule has 0 atom stereocenters. The van der Waals surface area contributed by atoms with E-state index >= 15 is 0 Å². The van der Waals surface area contributed by atoms with Gasteiger partial charge >= 0.3 is 0 Å². The van der Waals surface area contributed by atoms with E-state index in [9.17, 15) is 0 Å². The fraction of sp³-hybridized carbons (Fsp3) is 0. The van der Waals surface area contributed by atoms with Gasteiger partial charge in [0.2, 0.25) is 11.9 Å². The maximum Gasteiger partial charge on any atom is 0.235 e. The molecule has 0 bridgehead atoms. The molecule has 0 unspecified atom stereocenters. The molecule has 11 rings (SSSR count). The minimum atomic E-state index is 0.610. The molecule has 6 nitrogen and oxygen atoms in total. The van der Waals surface area contributed by atoms with Crippen LogP contribution in [-0.2, 0) is 0 Å². The maximum atomic E-state index is 5.38. The Morgan fingerprint density at radius 3 is 1.04 bits per heavy atom. The summed E-state index contributed by atoms with van der Waals surface area (Å²) >= 11 is 0. The van der Waals surface area contributed by atoms with Crippen LogP contribution < -0.4 is 0 Å². The van der Waals surface area contributed by atoms with E-state index in [0.717, 1.165) is 54.6 Å². The summed E-state index contributed by atoms with van der Waals surface area (Å²) in [7, 11) is 0. The van der Waals surface area contributed by atoms with Crippen LogP contribution in [0.15, 0.2) is 146 Å². The zero-order chi connectivity index (χ0) is 31.3. The van der Waals surface area contributed by atoms with Crippen molar-refractivity contribution in [1.29, 1.82) is 0 Å². The number of fused-ring (bicyclic) bond motifs is 13. The summed E-state index contributed by atoms with van der Waals surface area (Å²) in [5, 5.41) is 11.1. The molecule has 6 heteroatoms. The molecule has 4 aromatic heterocycles. The first-order chi connectivity index (χ1) is 23.8. The fourth-order valence-electron chi connectivity index (χ4n) is 7.68. The number of para-hydroxylation sites is 4. The van der Waals surface area contributed by atoms with Crippen LogP contribution in [0.2, 0.25) is 0 Å². The molecular weight excluding hydrogens is 589 g/mol. The van der Waals surface area contributed by atoms with Gasteiger partial charge in [0.15, 0.2) is 0 Å². The lowest BCUT2D eigenvalue weighted by Crippen LogP contribution is -2.04. The number of aromatic nitrogens is 6. The molecule has 7 aromatic carbocycles. The Kier molecular flexibility index (Phi) is 5.02. The Morgan fingerprint density at radius 1 is 0.333 bits per heavy atom. The van der Waals surface area contributed by atoms with E-state index in [-0.39, 0.29) is 0 Å². The van der Waals surface area contributed by atoms with Gasteiger partial charge in [-0.25, -0.2) is 19.9 Å². The standard InChI is InChI=1S/C42H24N6/c1-2-12-26-22-32-31(21-25(26)11-1)33-23-43-41(47-35-17-7-3-13-27(35)28-14-4-8-18-36(28)47)45-39(33)40-34(32)24-44-42(46-40)48-37-19-9-5-15-29(37)30-16-6-10-20-38(30)48/h1-24H. The molecule has 0 spiro atoms. The molecule has 0 aliphatic heterocycles. The smallest absolute Gasteiger partial charge is 0.235 e.